The summed E-state index contributed by atoms with van der Waals surface area (Å²) in [5.41, 5.74) is 1.70. The monoisotopic (exact) mass is 280 g/mol. The van der Waals surface area contributed by atoms with Crippen LogP contribution in [0.3, 0.4) is 0 Å². The molecule has 2 aromatic heterocycles. The van der Waals surface area contributed by atoms with Crippen LogP contribution in [0.1, 0.15) is 24.7 Å². The van der Waals surface area contributed by atoms with Crippen molar-refractivity contribution in [2.75, 3.05) is 0 Å². The summed E-state index contributed by atoms with van der Waals surface area (Å²) in [5.74, 6) is 0.763. The van der Waals surface area contributed by atoms with E-state index in [-0.39, 0.29) is 5.56 Å². The van der Waals surface area contributed by atoms with Crippen LogP contribution in [0.25, 0.3) is 11.2 Å². The molecule has 0 bridgehead atoms. The Hall–Kier alpha value is -2.56. The van der Waals surface area contributed by atoms with Gasteiger partial charge in [0.25, 0.3) is 5.56 Å². The van der Waals surface area contributed by atoms with Crippen LogP contribution in [0, 0.1) is 0 Å². The molecule has 0 radical (unpaired) electrons. The van der Waals surface area contributed by atoms with Crippen molar-refractivity contribution in [3.05, 3.63) is 64.5 Å². The van der Waals surface area contributed by atoms with Crippen LogP contribution in [0.4, 0.5) is 0 Å². The molecule has 3 rings (SSSR count). The Bertz CT molecular complexity index is 811. The molecule has 21 heavy (non-hydrogen) atoms. The maximum absolute atomic E-state index is 12.6. The van der Waals surface area contributed by atoms with Crippen molar-refractivity contribution >= 4 is 11.2 Å². The molecule has 0 aliphatic heterocycles. The fraction of sp³-hybridized carbons (Fsp3) is 0.250. The van der Waals surface area contributed by atoms with Gasteiger partial charge in [-0.05, 0) is 12.0 Å². The van der Waals surface area contributed by atoms with Crippen LogP contribution in [0.5, 0.6) is 0 Å². The summed E-state index contributed by atoms with van der Waals surface area (Å²) in [6.07, 6.45) is 4.76. The number of rotatable bonds is 4. The third-order valence-electron chi connectivity index (χ3n) is 3.33. The Balaban J connectivity index is 2.17. The van der Waals surface area contributed by atoms with Crippen LogP contribution in [-0.2, 0) is 13.0 Å². The van der Waals surface area contributed by atoms with E-state index in [1.165, 1.54) is 6.20 Å². The summed E-state index contributed by atoms with van der Waals surface area (Å²) >= 11 is 0. The van der Waals surface area contributed by atoms with E-state index in [0.717, 1.165) is 24.2 Å². The van der Waals surface area contributed by atoms with Crippen LogP contribution >= 0.6 is 0 Å². The number of hydrogen-bond acceptors (Lipinski definition) is 4. The van der Waals surface area contributed by atoms with E-state index in [9.17, 15) is 4.79 Å². The number of hydrogen-bond donors (Lipinski definition) is 0. The number of benzene rings is 1. The molecule has 0 N–H and O–H groups in total. The summed E-state index contributed by atoms with van der Waals surface area (Å²) in [7, 11) is 0. The molecule has 0 aliphatic carbocycles. The predicted molar refractivity (Wildman–Crippen MR) is 81.1 cm³/mol. The minimum absolute atomic E-state index is 0.125. The SMILES string of the molecule is CCCc1nc2nccnc2c(=O)n1Cc1ccccc1. The van der Waals surface area contributed by atoms with E-state index in [1.807, 2.05) is 30.3 Å². The second-order valence-electron chi connectivity index (χ2n) is 4.88. The fourth-order valence-electron chi connectivity index (χ4n) is 2.33. The Labute approximate surface area is 122 Å². The van der Waals surface area contributed by atoms with Gasteiger partial charge in [0.2, 0.25) is 0 Å². The summed E-state index contributed by atoms with van der Waals surface area (Å²) in [6.45, 7) is 2.58. The molecule has 106 valence electrons. The van der Waals surface area contributed by atoms with Gasteiger partial charge >= 0.3 is 0 Å². The summed E-state index contributed by atoms with van der Waals surface area (Å²) in [5, 5.41) is 0. The topological polar surface area (TPSA) is 60.7 Å². The highest BCUT2D eigenvalue weighted by Crippen LogP contribution is 2.08. The lowest BCUT2D eigenvalue weighted by Crippen LogP contribution is -2.27. The quantitative estimate of drug-likeness (QED) is 0.735. The molecule has 0 saturated carbocycles. The molecule has 0 aliphatic rings. The van der Waals surface area contributed by atoms with Crippen LogP contribution in [0.15, 0.2) is 47.5 Å². The molecule has 0 atom stereocenters. The van der Waals surface area contributed by atoms with E-state index in [1.54, 1.807) is 10.8 Å². The number of nitrogens with zero attached hydrogens (tertiary/aromatic N) is 4. The zero-order valence-electron chi connectivity index (χ0n) is 11.9. The van der Waals surface area contributed by atoms with E-state index < -0.39 is 0 Å². The van der Waals surface area contributed by atoms with E-state index >= 15 is 0 Å². The van der Waals surface area contributed by atoms with Crippen molar-refractivity contribution in [2.24, 2.45) is 0 Å². The number of fused-ring (bicyclic) bond motifs is 1. The standard InChI is InChI=1S/C16H16N4O/c1-2-6-13-19-15-14(17-9-10-18-15)16(21)20(13)11-12-7-4-3-5-8-12/h3-5,7-10H,2,6,11H2,1H3. The molecule has 0 unspecified atom stereocenters. The van der Waals surface area contributed by atoms with Crippen LogP contribution in [0.2, 0.25) is 0 Å². The molecule has 1 aromatic carbocycles. The highest BCUT2D eigenvalue weighted by Gasteiger charge is 2.12. The minimum Gasteiger partial charge on any atom is -0.290 e. The van der Waals surface area contributed by atoms with Gasteiger partial charge in [0.1, 0.15) is 5.82 Å². The molecule has 3 aromatic rings. The summed E-state index contributed by atoms with van der Waals surface area (Å²) in [6, 6.07) is 9.90. The molecule has 0 amide bonds. The molecule has 0 fully saturated rings. The van der Waals surface area contributed by atoms with Crippen molar-refractivity contribution in [1.82, 2.24) is 19.5 Å². The van der Waals surface area contributed by atoms with Gasteiger partial charge in [-0.15, -0.1) is 0 Å². The third kappa shape index (κ3) is 2.67. The molecular formula is C16H16N4O. The largest absolute Gasteiger partial charge is 0.290 e. The lowest BCUT2D eigenvalue weighted by atomic mass is 10.2. The van der Waals surface area contributed by atoms with Crippen LogP contribution in [-0.4, -0.2) is 19.5 Å². The van der Waals surface area contributed by atoms with Gasteiger partial charge in [-0.2, -0.15) is 0 Å². The van der Waals surface area contributed by atoms with Crippen molar-refractivity contribution < 1.29 is 0 Å². The number of aryl methyl sites for hydroxylation is 1. The van der Waals surface area contributed by atoms with Gasteiger partial charge in [0.05, 0.1) is 6.54 Å². The smallest absolute Gasteiger partial charge is 0.282 e. The maximum atomic E-state index is 12.6. The summed E-state index contributed by atoms with van der Waals surface area (Å²) in [4.78, 5) is 25.4. The third-order valence-corrected chi connectivity index (χ3v) is 3.33. The first kappa shape index (κ1) is 13.4. The van der Waals surface area contributed by atoms with Gasteiger partial charge < -0.3 is 0 Å². The first-order valence-electron chi connectivity index (χ1n) is 7.04. The van der Waals surface area contributed by atoms with Gasteiger partial charge in [-0.1, -0.05) is 37.3 Å². The van der Waals surface area contributed by atoms with E-state index in [2.05, 4.69) is 21.9 Å². The van der Waals surface area contributed by atoms with Crippen molar-refractivity contribution in [3.63, 3.8) is 0 Å². The highest BCUT2D eigenvalue weighted by atomic mass is 16.1. The Kier molecular flexibility index (Phi) is 3.73. The number of aromatic nitrogens is 4. The molecule has 5 nitrogen and oxygen atoms in total. The van der Waals surface area contributed by atoms with Crippen molar-refractivity contribution in [2.45, 2.75) is 26.3 Å². The molecular weight excluding hydrogens is 264 g/mol. The average Bonchev–Trinajstić information content (AvgIpc) is 2.52. The Morgan fingerprint density at radius 3 is 2.62 bits per heavy atom. The van der Waals surface area contributed by atoms with Gasteiger partial charge in [0.15, 0.2) is 11.2 Å². The van der Waals surface area contributed by atoms with Gasteiger partial charge in [-0.25, -0.2) is 15.0 Å². The minimum atomic E-state index is -0.125. The fourth-order valence-corrected chi connectivity index (χ4v) is 2.33. The lowest BCUT2D eigenvalue weighted by molar-refractivity contribution is 0.662. The van der Waals surface area contributed by atoms with Crippen LogP contribution < -0.4 is 5.56 Å². The van der Waals surface area contributed by atoms with Gasteiger partial charge in [-0.3, -0.25) is 9.36 Å². The second kappa shape index (κ2) is 5.83. The maximum Gasteiger partial charge on any atom is 0.282 e. The lowest BCUT2D eigenvalue weighted by Gasteiger charge is -2.12. The first-order chi connectivity index (χ1) is 10.3. The highest BCUT2D eigenvalue weighted by molar-refractivity contribution is 5.67. The van der Waals surface area contributed by atoms with Gasteiger partial charge in [0, 0.05) is 18.8 Å². The van der Waals surface area contributed by atoms with Crippen molar-refractivity contribution in [1.29, 1.82) is 0 Å². The van der Waals surface area contributed by atoms with Crippen molar-refractivity contribution in [3.8, 4) is 0 Å². The molecule has 5 heteroatoms. The second-order valence-corrected chi connectivity index (χ2v) is 4.88. The first-order valence-corrected chi connectivity index (χ1v) is 7.04. The van der Waals surface area contributed by atoms with E-state index in [0.29, 0.717) is 17.7 Å². The molecule has 0 spiro atoms. The zero-order chi connectivity index (χ0) is 14.7. The Morgan fingerprint density at radius 1 is 1.10 bits per heavy atom. The summed E-state index contributed by atoms with van der Waals surface area (Å²) < 4.78 is 1.70. The predicted octanol–water partition coefficient (Wildman–Crippen LogP) is 2.19. The molecule has 2 heterocycles. The average molecular weight is 280 g/mol. The van der Waals surface area contributed by atoms with E-state index in [4.69, 9.17) is 0 Å². The normalized spacial score (nSPS) is 10.9. The Morgan fingerprint density at radius 2 is 1.86 bits per heavy atom. The molecule has 0 saturated heterocycles. The zero-order valence-corrected chi connectivity index (χ0v) is 11.9.